The lowest BCUT2D eigenvalue weighted by atomic mass is 9.98. The highest BCUT2D eigenvalue weighted by molar-refractivity contribution is 5.95. The van der Waals surface area contributed by atoms with E-state index in [2.05, 4.69) is 58.3 Å². The van der Waals surface area contributed by atoms with E-state index in [1.807, 2.05) is 12.1 Å². The largest absolute Gasteiger partial charge is 0.478 e. The quantitative estimate of drug-likeness (QED) is 0.773. The van der Waals surface area contributed by atoms with Gasteiger partial charge in [0.15, 0.2) is 6.10 Å². The minimum Gasteiger partial charge on any atom is -0.478 e. The van der Waals surface area contributed by atoms with Gasteiger partial charge < -0.3 is 29.5 Å². The Bertz CT molecular complexity index is 980. The van der Waals surface area contributed by atoms with Gasteiger partial charge in [0.05, 0.1) is 18.9 Å². The van der Waals surface area contributed by atoms with E-state index in [0.717, 1.165) is 81.7 Å². The molecule has 33 heavy (non-hydrogen) atoms. The molecule has 0 bridgehead atoms. The number of carbonyl (C=O) groups is 1. The smallest absolute Gasteiger partial charge is 0.265 e. The monoisotopic (exact) mass is 450 g/mol. The summed E-state index contributed by atoms with van der Waals surface area (Å²) >= 11 is 0. The summed E-state index contributed by atoms with van der Waals surface area (Å²) in [6, 6.07) is 12.5. The number of morpholine rings is 1. The van der Waals surface area contributed by atoms with Crippen molar-refractivity contribution in [3.8, 4) is 5.75 Å². The highest BCUT2D eigenvalue weighted by atomic mass is 16.5. The van der Waals surface area contributed by atoms with E-state index in [4.69, 9.17) is 9.47 Å². The van der Waals surface area contributed by atoms with E-state index < -0.39 is 6.10 Å². The second kappa shape index (κ2) is 9.61. The lowest BCUT2D eigenvalue weighted by Gasteiger charge is -2.37. The van der Waals surface area contributed by atoms with Gasteiger partial charge in [0, 0.05) is 50.6 Å². The maximum absolute atomic E-state index is 13.1. The van der Waals surface area contributed by atoms with Gasteiger partial charge in [-0.2, -0.15) is 0 Å². The Balaban J connectivity index is 1.27. The number of hydrogen-bond acceptors (Lipinski definition) is 6. The van der Waals surface area contributed by atoms with Crippen LogP contribution in [0.4, 0.5) is 17.1 Å². The Morgan fingerprint density at radius 3 is 2.42 bits per heavy atom. The molecule has 3 aliphatic heterocycles. The van der Waals surface area contributed by atoms with Gasteiger partial charge in [-0.05, 0) is 68.3 Å². The van der Waals surface area contributed by atoms with Gasteiger partial charge in [0.2, 0.25) is 0 Å². The normalized spacial score (nSPS) is 21.3. The predicted octanol–water partition coefficient (Wildman–Crippen LogP) is 2.92. The third-order valence-electron chi connectivity index (χ3n) is 6.87. The summed E-state index contributed by atoms with van der Waals surface area (Å²) in [5, 5.41) is 3.06. The van der Waals surface area contributed by atoms with E-state index in [1.54, 1.807) is 0 Å². The van der Waals surface area contributed by atoms with Crippen molar-refractivity contribution in [2.24, 2.45) is 0 Å². The van der Waals surface area contributed by atoms with Gasteiger partial charge in [0.1, 0.15) is 5.75 Å². The van der Waals surface area contributed by atoms with Gasteiger partial charge in [0.25, 0.3) is 5.91 Å². The molecule has 0 radical (unpaired) electrons. The molecule has 7 heteroatoms. The minimum absolute atomic E-state index is 0.0790. The number of ether oxygens (including phenoxy) is 2. The Labute approximate surface area is 196 Å². The van der Waals surface area contributed by atoms with Crippen LogP contribution in [-0.2, 0) is 16.0 Å². The summed E-state index contributed by atoms with van der Waals surface area (Å²) in [4.78, 5) is 20.1. The van der Waals surface area contributed by atoms with E-state index in [-0.39, 0.29) is 5.91 Å². The molecule has 0 spiro atoms. The minimum atomic E-state index is -0.481. The first kappa shape index (κ1) is 22.0. The molecule has 2 saturated heterocycles. The molecule has 2 fully saturated rings. The summed E-state index contributed by atoms with van der Waals surface area (Å²) in [5.74, 6) is 0.809. The number of piperazine rings is 1. The summed E-state index contributed by atoms with van der Waals surface area (Å²) in [6.07, 6.45) is 1.06. The van der Waals surface area contributed by atoms with E-state index in [9.17, 15) is 4.79 Å². The van der Waals surface area contributed by atoms with Crippen LogP contribution < -0.4 is 19.9 Å². The molecule has 5 rings (SSSR count). The molecule has 1 unspecified atom stereocenters. The standard InChI is InChI=1S/C26H34N4O3/c1-19-17-20-3-8-24(33-25(20)23(18-19)30-11-9-28(2)10-12-30)26(31)27-21-4-6-22(7-5-21)29-13-15-32-16-14-29/h4-7,17-18,24H,3,8-16H2,1-2H3,(H,27,31). The number of carbonyl (C=O) groups excluding carboxylic acids is 1. The number of fused-ring (bicyclic) bond motifs is 1. The molecule has 1 atom stereocenters. The maximum atomic E-state index is 13.1. The van der Waals surface area contributed by atoms with Gasteiger partial charge in [-0.25, -0.2) is 0 Å². The number of amides is 1. The highest BCUT2D eigenvalue weighted by Crippen LogP contribution is 2.39. The van der Waals surface area contributed by atoms with Crippen LogP contribution in [0.2, 0.25) is 0 Å². The first-order chi connectivity index (χ1) is 16.1. The van der Waals surface area contributed by atoms with Crippen LogP contribution in [-0.4, -0.2) is 76.4 Å². The van der Waals surface area contributed by atoms with Gasteiger partial charge in [-0.3, -0.25) is 4.79 Å². The molecule has 2 aromatic rings. The zero-order valence-corrected chi connectivity index (χ0v) is 19.7. The Morgan fingerprint density at radius 1 is 0.970 bits per heavy atom. The van der Waals surface area contributed by atoms with Crippen molar-refractivity contribution in [2.75, 3.05) is 74.6 Å². The van der Waals surface area contributed by atoms with Crippen molar-refractivity contribution >= 4 is 23.0 Å². The van der Waals surface area contributed by atoms with Crippen LogP contribution in [0.15, 0.2) is 36.4 Å². The van der Waals surface area contributed by atoms with Crippen LogP contribution in [0.25, 0.3) is 0 Å². The second-order valence-corrected chi connectivity index (χ2v) is 9.34. The zero-order chi connectivity index (χ0) is 22.8. The molecular weight excluding hydrogens is 416 g/mol. The van der Waals surface area contributed by atoms with Crippen LogP contribution in [0, 0.1) is 6.92 Å². The number of nitrogens with zero attached hydrogens (tertiary/aromatic N) is 3. The highest BCUT2D eigenvalue weighted by Gasteiger charge is 2.30. The lowest BCUT2D eigenvalue weighted by Crippen LogP contribution is -2.45. The van der Waals surface area contributed by atoms with E-state index in [1.165, 1.54) is 11.1 Å². The Hall–Kier alpha value is -2.77. The fourth-order valence-electron chi connectivity index (χ4n) is 4.90. The third-order valence-corrected chi connectivity index (χ3v) is 6.87. The van der Waals surface area contributed by atoms with Crippen LogP contribution in [0.3, 0.4) is 0 Å². The number of aryl methyl sites for hydroxylation is 2. The van der Waals surface area contributed by atoms with E-state index >= 15 is 0 Å². The topological polar surface area (TPSA) is 57.3 Å². The number of benzene rings is 2. The molecule has 176 valence electrons. The van der Waals surface area contributed by atoms with Crippen molar-refractivity contribution in [1.82, 2.24) is 4.90 Å². The van der Waals surface area contributed by atoms with Crippen LogP contribution in [0.5, 0.6) is 5.75 Å². The first-order valence-corrected chi connectivity index (χ1v) is 12.0. The Morgan fingerprint density at radius 2 is 1.70 bits per heavy atom. The van der Waals surface area contributed by atoms with Gasteiger partial charge in [-0.15, -0.1) is 0 Å². The predicted molar refractivity (Wildman–Crippen MR) is 132 cm³/mol. The van der Waals surface area contributed by atoms with Crippen molar-refractivity contribution in [3.63, 3.8) is 0 Å². The first-order valence-electron chi connectivity index (χ1n) is 12.0. The van der Waals surface area contributed by atoms with E-state index in [0.29, 0.717) is 6.42 Å². The van der Waals surface area contributed by atoms with Gasteiger partial charge in [-0.1, -0.05) is 6.07 Å². The summed E-state index contributed by atoms with van der Waals surface area (Å²) < 4.78 is 11.8. The maximum Gasteiger partial charge on any atom is 0.265 e. The number of anilines is 3. The lowest BCUT2D eigenvalue weighted by molar-refractivity contribution is -0.123. The van der Waals surface area contributed by atoms with Crippen molar-refractivity contribution in [3.05, 3.63) is 47.5 Å². The number of likely N-dealkylation sites (N-methyl/N-ethyl adjacent to an activating group) is 1. The van der Waals surface area contributed by atoms with Gasteiger partial charge >= 0.3 is 0 Å². The van der Waals surface area contributed by atoms with Crippen molar-refractivity contribution in [2.45, 2.75) is 25.9 Å². The molecule has 0 saturated carbocycles. The third kappa shape index (κ3) is 4.94. The number of nitrogens with one attached hydrogen (secondary N) is 1. The number of hydrogen-bond donors (Lipinski definition) is 1. The molecule has 2 aromatic carbocycles. The zero-order valence-electron chi connectivity index (χ0n) is 19.7. The SMILES string of the molecule is Cc1cc2c(c(N3CCN(C)CC3)c1)OC(C(=O)Nc1ccc(N3CCOCC3)cc1)CC2. The molecule has 0 aromatic heterocycles. The summed E-state index contributed by atoms with van der Waals surface area (Å²) in [7, 11) is 2.16. The fourth-order valence-corrected chi connectivity index (χ4v) is 4.90. The number of rotatable bonds is 4. The molecule has 3 heterocycles. The van der Waals surface area contributed by atoms with Crippen molar-refractivity contribution < 1.29 is 14.3 Å². The fraction of sp³-hybridized carbons (Fsp3) is 0.500. The molecule has 1 N–H and O–H groups in total. The average Bonchev–Trinajstić information content (AvgIpc) is 2.85. The van der Waals surface area contributed by atoms with Crippen molar-refractivity contribution in [1.29, 1.82) is 0 Å². The summed E-state index contributed by atoms with van der Waals surface area (Å²) in [6.45, 7) is 9.47. The average molecular weight is 451 g/mol. The molecule has 1 amide bonds. The second-order valence-electron chi connectivity index (χ2n) is 9.34. The molecular formula is C26H34N4O3. The van der Waals surface area contributed by atoms with Crippen LogP contribution in [0.1, 0.15) is 17.5 Å². The van der Waals surface area contributed by atoms with Crippen LogP contribution >= 0.6 is 0 Å². The molecule has 7 nitrogen and oxygen atoms in total. The Kier molecular flexibility index (Phi) is 6.42. The summed E-state index contributed by atoms with van der Waals surface area (Å²) in [5.41, 5.74) is 5.55. The molecule has 0 aliphatic carbocycles. The molecule has 3 aliphatic rings.